The summed E-state index contributed by atoms with van der Waals surface area (Å²) in [6, 6.07) is -1.36. The Kier molecular flexibility index (Phi) is 4.88. The van der Waals surface area contributed by atoms with Crippen molar-refractivity contribution in [2.75, 3.05) is 12.5 Å². The number of carbonyl (C=O) groups is 2. The molecule has 0 aromatic heterocycles. The predicted molar refractivity (Wildman–Crippen MR) is 47.0 cm³/mol. The van der Waals surface area contributed by atoms with E-state index >= 15 is 0 Å². The third-order valence-corrected chi connectivity index (χ3v) is 2.62. The highest BCUT2D eigenvalue weighted by Crippen LogP contribution is 2.15. The Labute approximate surface area is 73.3 Å². The van der Waals surface area contributed by atoms with Gasteiger partial charge in [-0.15, -0.1) is 0 Å². The van der Waals surface area contributed by atoms with Gasteiger partial charge in [0, 0.05) is 12.5 Å². The maximum absolute atomic E-state index is 10.9. The average Bonchev–Trinajstić information content (AvgIpc) is 1.88. The van der Waals surface area contributed by atoms with Crippen LogP contribution in [0.5, 0.6) is 0 Å². The Morgan fingerprint density at radius 3 is 2.09 bits per heavy atom. The second-order valence-corrected chi connectivity index (χ2v) is 3.11. The van der Waals surface area contributed by atoms with Crippen molar-refractivity contribution in [3.8, 4) is 0 Å². The Morgan fingerprint density at radius 2 is 1.82 bits per heavy atom. The van der Waals surface area contributed by atoms with Crippen LogP contribution in [0.3, 0.4) is 0 Å². The minimum absolute atomic E-state index is 0.516. The van der Waals surface area contributed by atoms with E-state index in [0.29, 0.717) is 0 Å². The SMILES string of the molecule is CSN(SC)C(=O)NC(N)=O. The highest BCUT2D eigenvalue weighted by Gasteiger charge is 2.11. The number of nitrogens with zero attached hydrogens (tertiary/aromatic N) is 1. The molecule has 0 spiro atoms. The number of hydrogen-bond donors (Lipinski definition) is 2. The number of nitrogens with two attached hydrogens (primary N) is 1. The molecular formula is C4H9N3O2S2. The molecule has 0 fully saturated rings. The molecule has 4 amide bonds. The summed E-state index contributed by atoms with van der Waals surface area (Å²) in [5.74, 6) is 0. The van der Waals surface area contributed by atoms with Crippen molar-refractivity contribution in [3.05, 3.63) is 0 Å². The first kappa shape index (κ1) is 10.4. The molecule has 0 aliphatic heterocycles. The zero-order valence-corrected chi connectivity index (χ0v) is 7.79. The van der Waals surface area contributed by atoms with E-state index in [1.165, 1.54) is 27.6 Å². The Morgan fingerprint density at radius 1 is 1.36 bits per heavy atom. The molecular weight excluding hydrogens is 186 g/mol. The molecule has 0 aliphatic rings. The van der Waals surface area contributed by atoms with Crippen molar-refractivity contribution in [2.24, 2.45) is 5.73 Å². The van der Waals surface area contributed by atoms with Crippen LogP contribution >= 0.6 is 23.9 Å². The normalized spacial score (nSPS) is 8.91. The van der Waals surface area contributed by atoms with Gasteiger partial charge < -0.3 is 5.73 Å². The van der Waals surface area contributed by atoms with E-state index in [9.17, 15) is 9.59 Å². The Bertz CT molecular complexity index is 159. The third kappa shape index (κ3) is 3.99. The van der Waals surface area contributed by atoms with Gasteiger partial charge in [0.15, 0.2) is 0 Å². The summed E-state index contributed by atoms with van der Waals surface area (Å²) in [7, 11) is 0. The van der Waals surface area contributed by atoms with Crippen LogP contribution in [0.15, 0.2) is 0 Å². The highest BCUT2D eigenvalue weighted by molar-refractivity contribution is 8.12. The van der Waals surface area contributed by atoms with Gasteiger partial charge in [0.05, 0.1) is 0 Å². The van der Waals surface area contributed by atoms with Gasteiger partial charge in [-0.1, -0.05) is 0 Å². The van der Waals surface area contributed by atoms with E-state index in [-0.39, 0.29) is 0 Å². The van der Waals surface area contributed by atoms with E-state index in [0.717, 1.165) is 0 Å². The molecule has 0 radical (unpaired) electrons. The van der Waals surface area contributed by atoms with Crippen molar-refractivity contribution in [1.82, 2.24) is 9.03 Å². The minimum Gasteiger partial charge on any atom is -0.351 e. The summed E-state index contributed by atoms with van der Waals surface area (Å²) < 4.78 is 1.30. The molecule has 0 saturated carbocycles. The summed E-state index contributed by atoms with van der Waals surface area (Å²) in [6.45, 7) is 0. The molecule has 0 aromatic rings. The number of nitrogens with one attached hydrogen (secondary N) is 1. The highest BCUT2D eigenvalue weighted by atomic mass is 32.2. The lowest BCUT2D eigenvalue weighted by Crippen LogP contribution is -2.39. The molecule has 7 heteroatoms. The quantitative estimate of drug-likeness (QED) is 0.634. The van der Waals surface area contributed by atoms with Crippen LogP contribution in [0.4, 0.5) is 9.59 Å². The molecule has 0 aliphatic carbocycles. The topological polar surface area (TPSA) is 75.4 Å². The summed E-state index contributed by atoms with van der Waals surface area (Å²) in [4.78, 5) is 21.1. The average molecular weight is 195 g/mol. The van der Waals surface area contributed by atoms with Crippen LogP contribution in [0.25, 0.3) is 0 Å². The number of urea groups is 2. The van der Waals surface area contributed by atoms with Crippen molar-refractivity contribution >= 4 is 36.0 Å². The molecule has 0 heterocycles. The summed E-state index contributed by atoms with van der Waals surface area (Å²) in [5, 5.41) is 1.93. The standard InChI is InChI=1S/C4H9N3O2S2/c1-10-7(11-2)4(9)6-3(5)8/h1-2H3,(H3,5,6,8,9). The predicted octanol–water partition coefficient (Wildman–Crippen LogP) is 0.633. The molecule has 64 valence electrons. The van der Waals surface area contributed by atoms with E-state index in [1.807, 2.05) is 5.32 Å². The first-order valence-corrected chi connectivity index (χ1v) is 4.97. The van der Waals surface area contributed by atoms with E-state index in [4.69, 9.17) is 5.73 Å². The summed E-state index contributed by atoms with van der Waals surface area (Å²) in [5.41, 5.74) is 4.72. The van der Waals surface area contributed by atoms with Crippen LogP contribution in [-0.2, 0) is 0 Å². The van der Waals surface area contributed by atoms with Crippen molar-refractivity contribution in [3.63, 3.8) is 0 Å². The summed E-state index contributed by atoms with van der Waals surface area (Å²) >= 11 is 2.39. The number of hydrogen-bond acceptors (Lipinski definition) is 4. The molecule has 0 unspecified atom stereocenters. The van der Waals surface area contributed by atoms with E-state index in [1.54, 1.807) is 12.5 Å². The lowest BCUT2D eigenvalue weighted by Gasteiger charge is -2.13. The molecule has 0 bridgehead atoms. The number of carbonyl (C=O) groups excluding carboxylic acids is 2. The first-order chi connectivity index (χ1) is 5.11. The largest absolute Gasteiger partial charge is 0.351 e. The van der Waals surface area contributed by atoms with Crippen LogP contribution in [0.2, 0.25) is 0 Å². The summed E-state index contributed by atoms with van der Waals surface area (Å²) in [6.07, 6.45) is 3.44. The molecule has 0 rings (SSSR count). The Hall–Kier alpha value is -0.560. The monoisotopic (exact) mass is 195 g/mol. The minimum atomic E-state index is -0.844. The van der Waals surface area contributed by atoms with Gasteiger partial charge >= 0.3 is 12.1 Å². The van der Waals surface area contributed by atoms with E-state index in [2.05, 4.69) is 0 Å². The lowest BCUT2D eigenvalue weighted by molar-refractivity contribution is 0.230. The fourth-order valence-electron chi connectivity index (χ4n) is 0.391. The fraction of sp³-hybridized carbons (Fsp3) is 0.500. The van der Waals surface area contributed by atoms with Crippen molar-refractivity contribution in [1.29, 1.82) is 0 Å². The Balaban J connectivity index is 3.89. The van der Waals surface area contributed by atoms with Gasteiger partial charge in [0.2, 0.25) is 0 Å². The third-order valence-electron chi connectivity index (χ3n) is 0.728. The zero-order valence-electron chi connectivity index (χ0n) is 6.16. The maximum atomic E-state index is 10.9. The van der Waals surface area contributed by atoms with Crippen molar-refractivity contribution in [2.45, 2.75) is 0 Å². The van der Waals surface area contributed by atoms with Crippen molar-refractivity contribution < 1.29 is 9.59 Å². The van der Waals surface area contributed by atoms with Gasteiger partial charge in [-0.25, -0.2) is 13.3 Å². The number of amides is 4. The molecule has 0 atom stereocenters. The van der Waals surface area contributed by atoms with Crippen LogP contribution in [0, 0.1) is 0 Å². The zero-order chi connectivity index (χ0) is 8.85. The fourth-order valence-corrected chi connectivity index (χ4v) is 1.41. The van der Waals surface area contributed by atoms with Gasteiger partial charge in [0.25, 0.3) is 0 Å². The molecule has 3 N–H and O–H groups in total. The second-order valence-electron chi connectivity index (χ2n) is 1.42. The van der Waals surface area contributed by atoms with Crippen LogP contribution in [-0.4, -0.2) is 28.3 Å². The molecule has 0 aromatic carbocycles. The van der Waals surface area contributed by atoms with Crippen LogP contribution < -0.4 is 11.1 Å². The van der Waals surface area contributed by atoms with Gasteiger partial charge in [-0.05, 0) is 23.9 Å². The number of primary amides is 1. The molecule has 5 nitrogen and oxygen atoms in total. The smallest absolute Gasteiger partial charge is 0.345 e. The second kappa shape index (κ2) is 5.14. The number of imide groups is 1. The van der Waals surface area contributed by atoms with E-state index < -0.39 is 12.1 Å². The van der Waals surface area contributed by atoms with Gasteiger partial charge in [0.1, 0.15) is 0 Å². The molecule has 11 heavy (non-hydrogen) atoms. The maximum Gasteiger partial charge on any atom is 0.345 e. The first-order valence-electron chi connectivity index (χ1n) is 2.60. The molecule has 0 saturated heterocycles. The lowest BCUT2D eigenvalue weighted by atomic mass is 10.9. The van der Waals surface area contributed by atoms with Gasteiger partial charge in [-0.3, -0.25) is 5.32 Å². The van der Waals surface area contributed by atoms with Gasteiger partial charge in [-0.2, -0.15) is 0 Å². The van der Waals surface area contributed by atoms with Crippen LogP contribution in [0.1, 0.15) is 0 Å². The number of rotatable bonds is 2.